The molecule has 0 radical (unpaired) electrons. The third kappa shape index (κ3) is 3.43. The minimum atomic E-state index is -0.651. The molecule has 0 fully saturated rings. The van der Waals surface area contributed by atoms with E-state index in [2.05, 4.69) is 21.2 Å². The van der Waals surface area contributed by atoms with Crippen LogP contribution in [0.25, 0.3) is 0 Å². The van der Waals surface area contributed by atoms with Crippen molar-refractivity contribution in [2.45, 2.75) is 6.92 Å². The summed E-state index contributed by atoms with van der Waals surface area (Å²) in [5.41, 5.74) is 0.749. The highest BCUT2D eigenvalue weighted by Gasteiger charge is 2.14. The highest BCUT2D eigenvalue weighted by molar-refractivity contribution is 9.10. The van der Waals surface area contributed by atoms with Gasteiger partial charge in [0.2, 0.25) is 0 Å². The molecule has 0 bridgehead atoms. The summed E-state index contributed by atoms with van der Waals surface area (Å²) in [6.07, 6.45) is 0. The predicted octanol–water partition coefficient (Wildman–Crippen LogP) is 4.06. The maximum atomic E-state index is 13.7. The van der Waals surface area contributed by atoms with Crippen molar-refractivity contribution in [1.82, 2.24) is 0 Å². The van der Waals surface area contributed by atoms with Crippen LogP contribution in [0.4, 0.5) is 15.8 Å². The van der Waals surface area contributed by atoms with E-state index in [0.717, 1.165) is 0 Å². The van der Waals surface area contributed by atoms with Crippen LogP contribution in [0, 0.1) is 22.9 Å². The van der Waals surface area contributed by atoms with Gasteiger partial charge in [-0.3, -0.25) is 14.9 Å². The molecule has 0 saturated carbocycles. The Bertz CT molecular complexity index is 734. The summed E-state index contributed by atoms with van der Waals surface area (Å²) < 4.78 is 14.2. The Balaban J connectivity index is 2.25. The molecule has 0 aliphatic carbocycles. The number of non-ortho nitro benzene ring substituents is 1. The van der Waals surface area contributed by atoms with Gasteiger partial charge in [0.25, 0.3) is 11.6 Å². The molecule has 21 heavy (non-hydrogen) atoms. The number of benzene rings is 2. The van der Waals surface area contributed by atoms with Gasteiger partial charge in [-0.1, -0.05) is 15.9 Å². The number of nitrogens with one attached hydrogen (secondary N) is 1. The van der Waals surface area contributed by atoms with Crippen LogP contribution in [0.3, 0.4) is 0 Å². The van der Waals surface area contributed by atoms with Gasteiger partial charge in [-0.15, -0.1) is 0 Å². The highest BCUT2D eigenvalue weighted by Crippen LogP contribution is 2.22. The first-order valence-corrected chi connectivity index (χ1v) is 6.69. The predicted molar refractivity (Wildman–Crippen MR) is 79.9 cm³/mol. The Kier molecular flexibility index (Phi) is 4.32. The van der Waals surface area contributed by atoms with Crippen LogP contribution < -0.4 is 5.32 Å². The Hall–Kier alpha value is -2.28. The minimum absolute atomic E-state index is 0.0691. The largest absolute Gasteiger partial charge is 0.322 e. The van der Waals surface area contributed by atoms with E-state index in [1.165, 1.54) is 30.3 Å². The SMILES string of the molecule is Cc1cc([N+](=O)[O-])ccc1NC(=O)c1ccc(Br)cc1F. The fraction of sp³-hybridized carbons (Fsp3) is 0.0714. The lowest BCUT2D eigenvalue weighted by molar-refractivity contribution is -0.384. The lowest BCUT2D eigenvalue weighted by Crippen LogP contribution is -2.14. The fourth-order valence-corrected chi connectivity index (χ4v) is 2.10. The Morgan fingerprint density at radius 2 is 2.00 bits per heavy atom. The number of aryl methyl sites for hydroxylation is 1. The van der Waals surface area contributed by atoms with Gasteiger partial charge in [0.05, 0.1) is 10.5 Å². The van der Waals surface area contributed by atoms with Crippen molar-refractivity contribution in [3.63, 3.8) is 0 Å². The lowest BCUT2D eigenvalue weighted by Gasteiger charge is -2.09. The van der Waals surface area contributed by atoms with Gasteiger partial charge in [-0.2, -0.15) is 0 Å². The molecular formula is C14H10BrFN2O3. The molecule has 0 unspecified atom stereocenters. The average Bonchev–Trinajstić information content (AvgIpc) is 2.40. The minimum Gasteiger partial charge on any atom is -0.322 e. The third-order valence-corrected chi connectivity index (χ3v) is 3.34. The van der Waals surface area contributed by atoms with Gasteiger partial charge in [-0.25, -0.2) is 4.39 Å². The second-order valence-corrected chi connectivity index (χ2v) is 5.25. The number of nitro benzene ring substituents is 1. The average molecular weight is 353 g/mol. The zero-order chi connectivity index (χ0) is 15.6. The van der Waals surface area contributed by atoms with Gasteiger partial charge in [0, 0.05) is 22.3 Å². The fourth-order valence-electron chi connectivity index (χ4n) is 1.76. The first kappa shape index (κ1) is 15.1. The summed E-state index contributed by atoms with van der Waals surface area (Å²) in [6.45, 7) is 1.63. The topological polar surface area (TPSA) is 72.2 Å². The first-order valence-electron chi connectivity index (χ1n) is 5.90. The molecule has 1 amide bonds. The monoisotopic (exact) mass is 352 g/mol. The lowest BCUT2D eigenvalue weighted by atomic mass is 10.1. The molecular weight excluding hydrogens is 343 g/mol. The molecule has 0 aliphatic rings. The standard InChI is InChI=1S/C14H10BrFN2O3/c1-8-6-10(18(20)21)3-5-13(8)17-14(19)11-4-2-9(15)7-12(11)16/h2-7H,1H3,(H,17,19). The van der Waals surface area contributed by atoms with Gasteiger partial charge in [0.1, 0.15) is 5.82 Å². The number of carbonyl (C=O) groups is 1. The van der Waals surface area contributed by atoms with Crippen molar-refractivity contribution in [1.29, 1.82) is 0 Å². The number of nitro groups is 1. The van der Waals surface area contributed by atoms with E-state index in [0.29, 0.717) is 15.7 Å². The van der Waals surface area contributed by atoms with Crippen molar-refractivity contribution in [3.8, 4) is 0 Å². The maximum absolute atomic E-state index is 13.7. The molecule has 0 spiro atoms. The van der Waals surface area contributed by atoms with Gasteiger partial charge < -0.3 is 5.32 Å². The zero-order valence-electron chi connectivity index (χ0n) is 10.9. The molecule has 0 atom stereocenters. The van der Waals surface area contributed by atoms with E-state index in [1.54, 1.807) is 13.0 Å². The molecule has 5 nitrogen and oxygen atoms in total. The molecule has 108 valence electrons. The maximum Gasteiger partial charge on any atom is 0.269 e. The Morgan fingerprint density at radius 1 is 1.29 bits per heavy atom. The molecule has 2 aromatic carbocycles. The molecule has 7 heteroatoms. The molecule has 1 N–H and O–H groups in total. The number of nitrogens with zero attached hydrogens (tertiary/aromatic N) is 1. The van der Waals surface area contributed by atoms with Crippen molar-refractivity contribution in [2.75, 3.05) is 5.32 Å². The molecule has 0 saturated heterocycles. The summed E-state index contributed by atoms with van der Waals surface area (Å²) in [5, 5.41) is 13.2. The molecule has 0 aromatic heterocycles. The van der Waals surface area contributed by atoms with Crippen molar-refractivity contribution in [3.05, 3.63) is 67.9 Å². The number of rotatable bonds is 3. The molecule has 0 heterocycles. The van der Waals surface area contributed by atoms with Gasteiger partial charge in [-0.05, 0) is 36.8 Å². The summed E-state index contributed by atoms with van der Waals surface area (Å²) >= 11 is 3.11. The number of halogens is 2. The Labute approximate surface area is 128 Å². The van der Waals surface area contributed by atoms with Crippen LogP contribution in [0.15, 0.2) is 40.9 Å². The van der Waals surface area contributed by atoms with Gasteiger partial charge >= 0.3 is 0 Å². The zero-order valence-corrected chi connectivity index (χ0v) is 12.5. The van der Waals surface area contributed by atoms with Crippen LogP contribution in [0.5, 0.6) is 0 Å². The van der Waals surface area contributed by atoms with E-state index in [-0.39, 0.29) is 11.3 Å². The van der Waals surface area contributed by atoms with Crippen molar-refractivity contribution >= 4 is 33.2 Å². The summed E-state index contributed by atoms with van der Waals surface area (Å²) in [5.74, 6) is -1.27. The van der Waals surface area contributed by atoms with Crippen LogP contribution in [-0.4, -0.2) is 10.8 Å². The van der Waals surface area contributed by atoms with Gasteiger partial charge in [0.15, 0.2) is 0 Å². The Morgan fingerprint density at radius 3 is 2.57 bits per heavy atom. The second-order valence-electron chi connectivity index (χ2n) is 4.33. The number of amides is 1. The van der Waals surface area contributed by atoms with Crippen molar-refractivity contribution < 1.29 is 14.1 Å². The van der Waals surface area contributed by atoms with E-state index >= 15 is 0 Å². The number of anilines is 1. The first-order chi connectivity index (χ1) is 9.88. The molecule has 2 aromatic rings. The second kappa shape index (κ2) is 6.01. The summed E-state index contributed by atoms with van der Waals surface area (Å²) in [4.78, 5) is 22.1. The summed E-state index contributed by atoms with van der Waals surface area (Å²) in [7, 11) is 0. The van der Waals surface area contributed by atoms with Crippen LogP contribution in [0.2, 0.25) is 0 Å². The molecule has 2 rings (SSSR count). The number of hydrogen-bond acceptors (Lipinski definition) is 3. The van der Waals surface area contributed by atoms with Crippen LogP contribution in [0.1, 0.15) is 15.9 Å². The third-order valence-electron chi connectivity index (χ3n) is 2.84. The normalized spacial score (nSPS) is 10.2. The number of carbonyl (C=O) groups excluding carboxylic acids is 1. The molecule has 0 aliphatic heterocycles. The van der Waals surface area contributed by atoms with Crippen LogP contribution >= 0.6 is 15.9 Å². The van der Waals surface area contributed by atoms with E-state index in [9.17, 15) is 19.3 Å². The number of hydrogen-bond donors (Lipinski definition) is 1. The van der Waals surface area contributed by atoms with Crippen LogP contribution in [-0.2, 0) is 0 Å². The van der Waals surface area contributed by atoms with E-state index in [4.69, 9.17) is 0 Å². The van der Waals surface area contributed by atoms with E-state index < -0.39 is 16.6 Å². The van der Waals surface area contributed by atoms with E-state index in [1.807, 2.05) is 0 Å². The highest BCUT2D eigenvalue weighted by atomic mass is 79.9. The van der Waals surface area contributed by atoms with Crippen molar-refractivity contribution in [2.24, 2.45) is 0 Å². The quantitative estimate of drug-likeness (QED) is 0.668. The smallest absolute Gasteiger partial charge is 0.269 e. The summed E-state index contributed by atoms with van der Waals surface area (Å²) in [6, 6.07) is 8.14.